The van der Waals surface area contributed by atoms with E-state index in [2.05, 4.69) is 10.3 Å². The average Bonchev–Trinajstić information content (AvgIpc) is 3.13. The van der Waals surface area contributed by atoms with Gasteiger partial charge in [0.25, 0.3) is 5.91 Å². The number of carbonyl (C=O) groups is 1. The largest absolute Gasteiger partial charge is 0.385 e. The summed E-state index contributed by atoms with van der Waals surface area (Å²) in [5, 5.41) is 3.23. The van der Waals surface area contributed by atoms with E-state index < -0.39 is 0 Å². The molecular weight excluding hydrogens is 226 g/mol. The Morgan fingerprint density at radius 3 is 2.89 bits per heavy atom. The van der Waals surface area contributed by atoms with Crippen LogP contribution in [-0.4, -0.2) is 35.9 Å². The molecule has 0 saturated heterocycles. The zero-order valence-corrected chi connectivity index (χ0v) is 11.4. The van der Waals surface area contributed by atoms with Crippen LogP contribution in [0.5, 0.6) is 0 Å². The fourth-order valence-electron chi connectivity index (χ4n) is 2.04. The maximum absolute atomic E-state index is 12.4. The van der Waals surface area contributed by atoms with Gasteiger partial charge in [-0.3, -0.25) is 9.78 Å². The van der Waals surface area contributed by atoms with Crippen molar-refractivity contribution < 1.29 is 4.79 Å². The van der Waals surface area contributed by atoms with Crippen LogP contribution in [0, 0.1) is 12.8 Å². The summed E-state index contributed by atoms with van der Waals surface area (Å²) in [4.78, 5) is 18.4. The summed E-state index contributed by atoms with van der Waals surface area (Å²) in [6.45, 7) is 5.62. The molecule has 1 amide bonds. The average molecular weight is 247 g/mol. The number of aromatic nitrogens is 1. The molecular formula is C14H21N3O. The van der Waals surface area contributed by atoms with Gasteiger partial charge in [0.15, 0.2) is 0 Å². The zero-order valence-electron chi connectivity index (χ0n) is 11.4. The van der Waals surface area contributed by atoms with Gasteiger partial charge in [-0.2, -0.15) is 0 Å². The minimum absolute atomic E-state index is 0.0605. The molecule has 1 fully saturated rings. The smallest absolute Gasteiger partial charge is 0.257 e. The first-order valence-electron chi connectivity index (χ1n) is 6.57. The van der Waals surface area contributed by atoms with Gasteiger partial charge in [-0.1, -0.05) is 0 Å². The van der Waals surface area contributed by atoms with E-state index >= 15 is 0 Å². The Bertz CT molecular complexity index is 441. The van der Waals surface area contributed by atoms with Crippen LogP contribution in [0.15, 0.2) is 12.3 Å². The van der Waals surface area contributed by atoms with Crippen molar-refractivity contribution in [2.24, 2.45) is 5.92 Å². The Balaban J connectivity index is 2.16. The third-order valence-corrected chi connectivity index (χ3v) is 3.21. The third-order valence-electron chi connectivity index (χ3n) is 3.21. The molecule has 0 radical (unpaired) electrons. The number of hydrogen-bond donors (Lipinski definition) is 1. The van der Waals surface area contributed by atoms with Crippen molar-refractivity contribution in [2.45, 2.75) is 26.7 Å². The number of amides is 1. The summed E-state index contributed by atoms with van der Waals surface area (Å²) in [7, 11) is 1.87. The molecule has 1 aromatic rings. The van der Waals surface area contributed by atoms with Crippen molar-refractivity contribution in [3.63, 3.8) is 0 Å². The van der Waals surface area contributed by atoms with E-state index in [1.165, 1.54) is 12.8 Å². The second kappa shape index (κ2) is 5.38. The molecule has 4 heteroatoms. The molecule has 0 spiro atoms. The van der Waals surface area contributed by atoms with Crippen molar-refractivity contribution in [2.75, 3.05) is 25.5 Å². The van der Waals surface area contributed by atoms with Gasteiger partial charge >= 0.3 is 0 Å². The van der Waals surface area contributed by atoms with Crippen LogP contribution in [0.4, 0.5) is 5.69 Å². The predicted octanol–water partition coefficient (Wildman–Crippen LogP) is 2.30. The van der Waals surface area contributed by atoms with E-state index in [-0.39, 0.29) is 5.91 Å². The summed E-state index contributed by atoms with van der Waals surface area (Å²) < 4.78 is 0. The first-order valence-corrected chi connectivity index (χ1v) is 6.57. The normalized spacial score (nSPS) is 14.4. The zero-order chi connectivity index (χ0) is 13.1. The van der Waals surface area contributed by atoms with Gasteiger partial charge < -0.3 is 10.2 Å². The summed E-state index contributed by atoms with van der Waals surface area (Å²) in [5.41, 5.74) is 2.48. The minimum Gasteiger partial charge on any atom is -0.385 e. The SMILES string of the molecule is CCNc1cc(C)ncc1C(=O)N(C)CC1CC1. The lowest BCUT2D eigenvalue weighted by atomic mass is 10.1. The number of hydrogen-bond acceptors (Lipinski definition) is 3. The molecule has 1 aliphatic carbocycles. The van der Waals surface area contributed by atoms with Crippen LogP contribution >= 0.6 is 0 Å². The van der Waals surface area contributed by atoms with Gasteiger partial charge in [0.1, 0.15) is 0 Å². The quantitative estimate of drug-likeness (QED) is 0.868. The molecule has 1 N–H and O–H groups in total. The maximum Gasteiger partial charge on any atom is 0.257 e. The highest BCUT2D eigenvalue weighted by Gasteiger charge is 2.26. The van der Waals surface area contributed by atoms with Crippen molar-refractivity contribution >= 4 is 11.6 Å². The molecule has 18 heavy (non-hydrogen) atoms. The highest BCUT2D eigenvalue weighted by Crippen LogP contribution is 2.30. The van der Waals surface area contributed by atoms with Gasteiger partial charge in [-0.25, -0.2) is 0 Å². The molecule has 0 aliphatic heterocycles. The van der Waals surface area contributed by atoms with Crippen molar-refractivity contribution in [3.05, 3.63) is 23.5 Å². The topological polar surface area (TPSA) is 45.2 Å². The molecule has 1 aliphatic rings. The van der Waals surface area contributed by atoms with Crippen LogP contribution in [0.3, 0.4) is 0 Å². The van der Waals surface area contributed by atoms with Gasteiger partial charge in [-0.15, -0.1) is 0 Å². The lowest BCUT2D eigenvalue weighted by Gasteiger charge is -2.19. The maximum atomic E-state index is 12.4. The lowest BCUT2D eigenvalue weighted by molar-refractivity contribution is 0.0789. The fraction of sp³-hybridized carbons (Fsp3) is 0.571. The van der Waals surface area contributed by atoms with E-state index in [4.69, 9.17) is 0 Å². The lowest BCUT2D eigenvalue weighted by Crippen LogP contribution is -2.29. The molecule has 4 nitrogen and oxygen atoms in total. The van der Waals surface area contributed by atoms with Crippen LogP contribution < -0.4 is 5.32 Å². The molecule has 0 bridgehead atoms. The fourth-order valence-corrected chi connectivity index (χ4v) is 2.04. The third kappa shape index (κ3) is 3.00. The first kappa shape index (κ1) is 12.9. The molecule has 1 aromatic heterocycles. The summed E-state index contributed by atoms with van der Waals surface area (Å²) in [6, 6.07) is 1.93. The second-order valence-electron chi connectivity index (χ2n) is 5.03. The predicted molar refractivity (Wildman–Crippen MR) is 72.8 cm³/mol. The van der Waals surface area contributed by atoms with Crippen molar-refractivity contribution in [3.8, 4) is 0 Å². The number of anilines is 1. The van der Waals surface area contributed by atoms with E-state index in [9.17, 15) is 4.79 Å². The summed E-state index contributed by atoms with van der Waals surface area (Å²) in [5.74, 6) is 0.769. The van der Waals surface area contributed by atoms with Crippen LogP contribution in [0.25, 0.3) is 0 Å². The van der Waals surface area contributed by atoms with E-state index in [0.717, 1.165) is 24.5 Å². The van der Waals surface area contributed by atoms with Crippen molar-refractivity contribution in [1.29, 1.82) is 0 Å². The Morgan fingerprint density at radius 2 is 2.28 bits per heavy atom. The standard InChI is InChI=1S/C14H21N3O/c1-4-15-13-7-10(2)16-8-12(13)14(18)17(3)9-11-5-6-11/h7-8,11H,4-6,9H2,1-3H3,(H,15,16). The monoisotopic (exact) mass is 247 g/mol. The molecule has 0 atom stereocenters. The molecule has 1 heterocycles. The Hall–Kier alpha value is -1.58. The van der Waals surface area contributed by atoms with E-state index in [1.807, 2.05) is 31.9 Å². The Labute approximate surface area is 108 Å². The number of pyridine rings is 1. The van der Waals surface area contributed by atoms with E-state index in [1.54, 1.807) is 6.20 Å². The summed E-state index contributed by atoms with van der Waals surface area (Å²) >= 11 is 0. The number of nitrogens with zero attached hydrogens (tertiary/aromatic N) is 2. The minimum atomic E-state index is 0.0605. The number of carbonyl (C=O) groups excluding carboxylic acids is 1. The van der Waals surface area contributed by atoms with Crippen LogP contribution in [0.2, 0.25) is 0 Å². The van der Waals surface area contributed by atoms with Gasteiger partial charge in [0, 0.05) is 32.0 Å². The second-order valence-corrected chi connectivity index (χ2v) is 5.03. The van der Waals surface area contributed by atoms with E-state index in [0.29, 0.717) is 11.5 Å². The number of aryl methyl sites for hydroxylation is 1. The molecule has 0 aromatic carbocycles. The molecule has 0 unspecified atom stereocenters. The molecule has 98 valence electrons. The van der Waals surface area contributed by atoms with Gasteiger partial charge in [0.05, 0.1) is 11.3 Å². The van der Waals surface area contributed by atoms with Gasteiger partial charge in [-0.05, 0) is 38.7 Å². The highest BCUT2D eigenvalue weighted by molar-refractivity contribution is 5.99. The Morgan fingerprint density at radius 1 is 1.56 bits per heavy atom. The van der Waals surface area contributed by atoms with Crippen LogP contribution in [-0.2, 0) is 0 Å². The number of rotatable bonds is 5. The number of nitrogens with one attached hydrogen (secondary N) is 1. The summed E-state index contributed by atoms with van der Waals surface area (Å²) in [6.07, 6.45) is 4.19. The Kier molecular flexibility index (Phi) is 3.84. The molecule has 1 saturated carbocycles. The highest BCUT2D eigenvalue weighted by atomic mass is 16.2. The first-order chi connectivity index (χ1) is 8.61. The van der Waals surface area contributed by atoms with Crippen molar-refractivity contribution in [1.82, 2.24) is 9.88 Å². The van der Waals surface area contributed by atoms with Gasteiger partial charge in [0.2, 0.25) is 0 Å². The molecule has 2 rings (SSSR count). The van der Waals surface area contributed by atoms with Crippen LogP contribution in [0.1, 0.15) is 35.8 Å².